The molecule has 11 heteroatoms. The molecule has 0 unspecified atom stereocenters. The quantitative estimate of drug-likeness (QED) is 0.492. The molecule has 0 saturated carbocycles. The molecule has 0 aliphatic carbocycles. The van der Waals surface area contributed by atoms with Crippen LogP contribution in [-0.2, 0) is 21.2 Å². The number of imide groups is 1. The predicted molar refractivity (Wildman–Crippen MR) is 124 cm³/mol. The zero-order chi connectivity index (χ0) is 23.0. The first-order chi connectivity index (χ1) is 15.2. The number of hydrogen-bond acceptors (Lipinski definition) is 7. The molecule has 0 fully saturated rings. The lowest BCUT2D eigenvalue weighted by Gasteiger charge is -2.10. The van der Waals surface area contributed by atoms with Gasteiger partial charge in [0.1, 0.15) is 6.54 Å². The van der Waals surface area contributed by atoms with Crippen molar-refractivity contribution in [1.82, 2.24) is 9.47 Å². The highest BCUT2D eigenvalue weighted by molar-refractivity contribution is 7.98. The summed E-state index contributed by atoms with van der Waals surface area (Å²) in [5.74, 6) is -0.899. The van der Waals surface area contributed by atoms with Crippen molar-refractivity contribution in [3.05, 3.63) is 58.4 Å². The van der Waals surface area contributed by atoms with Crippen LogP contribution >= 0.6 is 23.1 Å². The third-order valence-electron chi connectivity index (χ3n) is 4.99. The number of nitrogens with zero attached hydrogens (tertiary/aromatic N) is 3. The molecule has 3 amide bonds. The van der Waals surface area contributed by atoms with Gasteiger partial charge in [-0.1, -0.05) is 23.5 Å². The molecule has 0 N–H and O–H groups in total. The number of aryl methyl sites for hydroxylation is 1. The van der Waals surface area contributed by atoms with Gasteiger partial charge in [-0.2, -0.15) is 16.8 Å². The van der Waals surface area contributed by atoms with Gasteiger partial charge in [0.05, 0.1) is 26.2 Å². The molecule has 32 heavy (non-hydrogen) atoms. The Morgan fingerprint density at radius 1 is 1.09 bits per heavy atom. The van der Waals surface area contributed by atoms with Crippen LogP contribution in [0.1, 0.15) is 20.7 Å². The number of hydrogen-bond donors (Lipinski definition) is 0. The van der Waals surface area contributed by atoms with Crippen LogP contribution < -0.4 is 4.80 Å². The van der Waals surface area contributed by atoms with Gasteiger partial charge in [0.25, 0.3) is 17.7 Å². The highest BCUT2D eigenvalue weighted by Crippen LogP contribution is 2.23. The van der Waals surface area contributed by atoms with Gasteiger partial charge in [-0.15, -0.1) is 0 Å². The minimum Gasteiger partial charge on any atom is -0.316 e. The second-order valence-corrected chi connectivity index (χ2v) is 11.2. The molecule has 8 nitrogen and oxygen atoms in total. The van der Waals surface area contributed by atoms with Crippen molar-refractivity contribution in [2.75, 3.05) is 24.8 Å². The van der Waals surface area contributed by atoms with E-state index in [9.17, 15) is 22.8 Å². The van der Waals surface area contributed by atoms with Crippen LogP contribution in [0.2, 0.25) is 0 Å². The zero-order valence-electron chi connectivity index (χ0n) is 17.3. The first-order valence-electron chi connectivity index (χ1n) is 9.56. The van der Waals surface area contributed by atoms with Crippen molar-refractivity contribution >= 4 is 60.9 Å². The van der Waals surface area contributed by atoms with Gasteiger partial charge in [-0.3, -0.25) is 19.3 Å². The molecule has 0 radical (unpaired) electrons. The van der Waals surface area contributed by atoms with Gasteiger partial charge in [0.2, 0.25) is 0 Å². The lowest BCUT2D eigenvalue weighted by atomic mass is 10.1. The van der Waals surface area contributed by atoms with Crippen LogP contribution in [0, 0.1) is 0 Å². The average molecular weight is 490 g/mol. The van der Waals surface area contributed by atoms with Crippen LogP contribution in [0.25, 0.3) is 10.2 Å². The van der Waals surface area contributed by atoms with E-state index in [0.717, 1.165) is 22.4 Å². The Hall–Kier alpha value is -2.76. The van der Waals surface area contributed by atoms with Gasteiger partial charge in [0.15, 0.2) is 14.6 Å². The van der Waals surface area contributed by atoms with Gasteiger partial charge in [-0.05, 0) is 36.6 Å². The summed E-state index contributed by atoms with van der Waals surface area (Å²) in [6.07, 6.45) is 3.10. The van der Waals surface area contributed by atoms with E-state index in [2.05, 4.69) is 4.99 Å². The molecular weight excluding hydrogens is 470 g/mol. The summed E-state index contributed by atoms with van der Waals surface area (Å²) in [6, 6.07) is 11.2. The summed E-state index contributed by atoms with van der Waals surface area (Å²) >= 11 is 2.82. The maximum Gasteiger partial charge on any atom is 0.268 e. The number of thioether (sulfide) groups is 1. The van der Waals surface area contributed by atoms with Crippen LogP contribution in [0.5, 0.6) is 0 Å². The minimum atomic E-state index is -3.38. The fraction of sp³-hybridized carbons (Fsp3) is 0.238. The van der Waals surface area contributed by atoms with E-state index in [-0.39, 0.29) is 16.0 Å². The van der Waals surface area contributed by atoms with Crippen LogP contribution in [0.15, 0.2) is 52.4 Å². The van der Waals surface area contributed by atoms with Gasteiger partial charge >= 0.3 is 0 Å². The molecule has 2 heterocycles. The summed E-state index contributed by atoms with van der Waals surface area (Å²) in [7, 11) is -3.38. The molecule has 1 aliphatic rings. The minimum absolute atomic E-state index is 0.187. The molecule has 0 spiro atoms. The number of carbonyl (C=O) groups is 3. The van der Waals surface area contributed by atoms with Crippen LogP contribution in [0.3, 0.4) is 0 Å². The van der Waals surface area contributed by atoms with E-state index in [1.807, 2.05) is 10.8 Å². The molecule has 0 bridgehead atoms. The number of sulfone groups is 1. The average Bonchev–Trinajstić information content (AvgIpc) is 3.21. The Labute approximate surface area is 192 Å². The van der Waals surface area contributed by atoms with Crippen LogP contribution in [-0.4, -0.2) is 60.4 Å². The van der Waals surface area contributed by atoms with Crippen molar-refractivity contribution in [2.24, 2.45) is 4.99 Å². The van der Waals surface area contributed by atoms with E-state index in [4.69, 9.17) is 0 Å². The van der Waals surface area contributed by atoms with E-state index >= 15 is 0 Å². The van der Waals surface area contributed by atoms with E-state index < -0.39 is 34.1 Å². The number of fused-ring (bicyclic) bond motifs is 2. The van der Waals surface area contributed by atoms with E-state index in [1.54, 1.807) is 48.2 Å². The number of benzene rings is 2. The molecule has 3 aromatic rings. The molecule has 4 rings (SSSR count). The Bertz CT molecular complexity index is 1400. The highest BCUT2D eigenvalue weighted by atomic mass is 32.2. The summed E-state index contributed by atoms with van der Waals surface area (Å²) in [5, 5.41) is 0. The Kier molecular flexibility index (Phi) is 6.06. The fourth-order valence-electron chi connectivity index (χ4n) is 3.43. The number of rotatable bonds is 6. The molecule has 0 saturated heterocycles. The van der Waals surface area contributed by atoms with Gasteiger partial charge in [0, 0.05) is 18.6 Å². The summed E-state index contributed by atoms with van der Waals surface area (Å²) in [5.41, 5.74) is 1.31. The second-order valence-electron chi connectivity index (χ2n) is 7.18. The Morgan fingerprint density at radius 3 is 2.34 bits per heavy atom. The van der Waals surface area contributed by atoms with Crippen molar-refractivity contribution < 1.29 is 22.8 Å². The first kappa shape index (κ1) is 22.4. The van der Waals surface area contributed by atoms with Crippen molar-refractivity contribution in [3.63, 3.8) is 0 Å². The third-order valence-corrected chi connectivity index (χ3v) is 7.74. The Morgan fingerprint density at radius 2 is 1.75 bits per heavy atom. The Balaban J connectivity index is 1.70. The lowest BCUT2D eigenvalue weighted by molar-refractivity contribution is -0.118. The highest BCUT2D eigenvalue weighted by Gasteiger charge is 2.36. The zero-order valence-corrected chi connectivity index (χ0v) is 19.7. The number of carbonyl (C=O) groups excluding carboxylic acids is 3. The summed E-state index contributed by atoms with van der Waals surface area (Å²) in [4.78, 5) is 43.4. The topological polar surface area (TPSA) is 106 Å². The second kappa shape index (κ2) is 8.64. The van der Waals surface area contributed by atoms with Crippen molar-refractivity contribution in [2.45, 2.75) is 11.4 Å². The smallest absolute Gasteiger partial charge is 0.268 e. The fourth-order valence-corrected chi connectivity index (χ4v) is 5.63. The number of amides is 3. The normalized spacial score (nSPS) is 14.4. The molecule has 1 aliphatic heterocycles. The molecule has 2 aromatic carbocycles. The van der Waals surface area contributed by atoms with E-state index in [1.165, 1.54) is 17.4 Å². The van der Waals surface area contributed by atoms with Crippen molar-refractivity contribution in [1.29, 1.82) is 0 Å². The third kappa shape index (κ3) is 4.15. The van der Waals surface area contributed by atoms with Gasteiger partial charge in [-0.25, -0.2) is 8.42 Å². The molecular formula is C21H19N3O5S3. The number of aromatic nitrogens is 1. The molecule has 166 valence electrons. The first-order valence-corrected chi connectivity index (χ1v) is 13.7. The molecule has 0 atom stereocenters. The number of thiazole rings is 1. The summed E-state index contributed by atoms with van der Waals surface area (Å²) in [6.45, 7) is 0.107. The molecule has 1 aromatic heterocycles. The maximum atomic E-state index is 12.7. The van der Waals surface area contributed by atoms with Crippen molar-refractivity contribution in [3.8, 4) is 0 Å². The van der Waals surface area contributed by atoms with E-state index in [0.29, 0.717) is 16.0 Å². The maximum absolute atomic E-state index is 12.7. The summed E-state index contributed by atoms with van der Waals surface area (Å²) < 4.78 is 26.4. The van der Waals surface area contributed by atoms with Gasteiger partial charge < -0.3 is 4.57 Å². The monoisotopic (exact) mass is 489 g/mol. The standard InChI is InChI=1S/C21H19N3O5S3/c1-30-10-9-23-16-8-7-13(32(2,28)29)11-17(16)31-21(23)22-18(25)12-24-19(26)14-5-3-4-6-15(14)20(24)27/h3-8,11H,9-10,12H2,1-2H3. The lowest BCUT2D eigenvalue weighted by Crippen LogP contribution is -2.35. The SMILES string of the molecule is CSCCn1c(=NC(=O)CN2C(=O)c3ccccc3C2=O)sc2cc(S(C)(=O)=O)ccc21. The largest absolute Gasteiger partial charge is 0.316 e. The predicted octanol–water partition coefficient (Wildman–Crippen LogP) is 2.19. The van der Waals surface area contributed by atoms with Crippen LogP contribution in [0.4, 0.5) is 0 Å².